The second kappa shape index (κ2) is 17.1. The molecule has 0 bridgehead atoms. The van der Waals surface area contributed by atoms with Gasteiger partial charge in [0.05, 0.1) is 12.5 Å². The van der Waals surface area contributed by atoms with Gasteiger partial charge in [-0.1, -0.05) is 24.3 Å². The molecule has 200 valence electrons. The maximum absolute atomic E-state index is 4.84. The molecule has 0 aliphatic carbocycles. The van der Waals surface area contributed by atoms with Gasteiger partial charge in [-0.15, -0.1) is 0 Å². The minimum absolute atomic E-state index is 0.689. The molecule has 1 aromatic carbocycles. The van der Waals surface area contributed by atoms with Crippen molar-refractivity contribution in [3.63, 3.8) is 0 Å². The average Bonchev–Trinajstić information content (AvgIpc) is 3.60. The molecule has 0 amide bonds. The minimum Gasteiger partial charge on any atom is -0.472 e. The molecule has 0 unspecified atom stereocenters. The molecule has 0 radical (unpaired) electrons. The van der Waals surface area contributed by atoms with Crippen molar-refractivity contribution in [3.8, 4) is 0 Å². The van der Waals surface area contributed by atoms with Gasteiger partial charge in [0.2, 0.25) is 0 Å². The van der Waals surface area contributed by atoms with Crippen LogP contribution in [0.5, 0.6) is 0 Å². The normalized spacial score (nSPS) is 9.49. The molecule has 5 rings (SSSR count). The fourth-order valence-corrected chi connectivity index (χ4v) is 5.41. The largest absolute Gasteiger partial charge is 0.472 e. The van der Waals surface area contributed by atoms with E-state index in [-0.39, 0.29) is 0 Å². The Balaban J connectivity index is 0.000000232. The van der Waals surface area contributed by atoms with Crippen molar-refractivity contribution in [2.75, 3.05) is 0 Å². The first-order valence-corrected chi connectivity index (χ1v) is 15.4. The Morgan fingerprint density at radius 1 is 0.541 bits per heavy atom. The predicted octanol–water partition coefficient (Wildman–Crippen LogP) is 9.57. The number of aryl methyl sites for hydroxylation is 11. The molecule has 0 atom stereocenters. The van der Waals surface area contributed by atoms with Crippen LogP contribution < -0.4 is 0 Å². The molecule has 0 saturated carbocycles. The van der Waals surface area contributed by atoms with Gasteiger partial charge in [-0.2, -0.15) is 11.3 Å². The zero-order chi connectivity index (χ0) is 28.0. The Morgan fingerprint density at radius 2 is 0.946 bits per heavy atom. The number of hydrogen-bond acceptors (Lipinski definition) is 2. The van der Waals surface area contributed by atoms with E-state index >= 15 is 0 Å². The maximum atomic E-state index is 4.84. The second-order valence-corrected chi connectivity index (χ2v) is 11.9. The van der Waals surface area contributed by atoms with Crippen LogP contribution in [0.25, 0.3) is 0 Å². The van der Waals surface area contributed by atoms with Crippen LogP contribution >= 0.6 is 11.3 Å². The van der Waals surface area contributed by atoms with Crippen molar-refractivity contribution in [1.82, 2.24) is 4.57 Å². The minimum atomic E-state index is 0.689. The van der Waals surface area contributed by atoms with E-state index in [4.69, 9.17) is 4.42 Å². The van der Waals surface area contributed by atoms with Crippen molar-refractivity contribution < 1.29 is 4.42 Å². The van der Waals surface area contributed by atoms with Gasteiger partial charge in [0.15, 0.2) is 0 Å². The van der Waals surface area contributed by atoms with Crippen molar-refractivity contribution >= 4 is 25.8 Å². The SMILES string of the molecule is Cc1c[se]cc1C.Cc1ccccc1C.Cc1cn(C)cc1C.Cc1cocc1C.Cc1cscc1C. The van der Waals surface area contributed by atoms with Crippen LogP contribution in [0.1, 0.15) is 55.6 Å². The van der Waals surface area contributed by atoms with Gasteiger partial charge in [0.1, 0.15) is 0 Å². The van der Waals surface area contributed by atoms with Gasteiger partial charge in [-0.25, -0.2) is 0 Å². The quantitative estimate of drug-likeness (QED) is 0.166. The molecule has 37 heavy (non-hydrogen) atoms. The van der Waals surface area contributed by atoms with Crippen LogP contribution in [-0.4, -0.2) is 19.1 Å². The van der Waals surface area contributed by atoms with Crippen molar-refractivity contribution in [3.05, 3.63) is 125 Å². The zero-order valence-electron chi connectivity index (χ0n) is 24.6. The van der Waals surface area contributed by atoms with E-state index in [1.54, 1.807) is 23.9 Å². The molecule has 4 aromatic heterocycles. The number of furan rings is 1. The summed E-state index contributed by atoms with van der Waals surface area (Å²) in [5, 5.41) is 4.32. The van der Waals surface area contributed by atoms with E-state index in [0.717, 1.165) is 0 Å². The summed E-state index contributed by atoms with van der Waals surface area (Å²) in [7, 11) is 2.04. The van der Waals surface area contributed by atoms with Crippen LogP contribution in [0, 0.1) is 69.2 Å². The van der Waals surface area contributed by atoms with Crippen LogP contribution in [0.15, 0.2) is 74.2 Å². The van der Waals surface area contributed by atoms with Gasteiger partial charge in [0, 0.05) is 19.4 Å². The molecule has 4 heterocycles. The smallest absolute Gasteiger partial charge is 0.0934 e. The molecular weight excluding hydrogens is 537 g/mol. The number of benzene rings is 1. The summed E-state index contributed by atoms with van der Waals surface area (Å²) < 4.78 is 6.92. The third-order valence-corrected chi connectivity index (χ3v) is 9.21. The van der Waals surface area contributed by atoms with Crippen LogP contribution in [0.2, 0.25) is 0 Å². The monoisotopic (exact) mass is 583 g/mol. The van der Waals surface area contributed by atoms with Crippen molar-refractivity contribution in [2.45, 2.75) is 69.2 Å². The predicted molar refractivity (Wildman–Crippen MR) is 166 cm³/mol. The molecule has 4 heteroatoms. The van der Waals surface area contributed by atoms with E-state index in [2.05, 4.69) is 117 Å². The first kappa shape index (κ1) is 32.5. The topological polar surface area (TPSA) is 18.1 Å². The Labute approximate surface area is 235 Å². The fourth-order valence-electron chi connectivity index (χ4n) is 2.79. The van der Waals surface area contributed by atoms with E-state index in [1.807, 2.05) is 20.9 Å². The Morgan fingerprint density at radius 3 is 1.11 bits per heavy atom. The Kier molecular flexibility index (Phi) is 15.0. The number of nitrogens with zero attached hydrogens (tertiary/aromatic N) is 1. The molecular formula is C33H45NOSSe. The van der Waals surface area contributed by atoms with E-state index in [9.17, 15) is 0 Å². The zero-order valence-corrected chi connectivity index (χ0v) is 27.1. The summed E-state index contributed by atoms with van der Waals surface area (Å²) in [4.78, 5) is 4.62. The van der Waals surface area contributed by atoms with Crippen molar-refractivity contribution in [2.24, 2.45) is 7.05 Å². The van der Waals surface area contributed by atoms with Gasteiger partial charge in [0.25, 0.3) is 0 Å². The van der Waals surface area contributed by atoms with E-state index in [0.29, 0.717) is 14.5 Å². The van der Waals surface area contributed by atoms with Gasteiger partial charge in [-0.3, -0.25) is 0 Å². The van der Waals surface area contributed by atoms with Gasteiger partial charge >= 0.3 is 49.4 Å². The molecule has 0 fully saturated rings. The summed E-state index contributed by atoms with van der Waals surface area (Å²) >= 11 is 2.45. The second-order valence-electron chi connectivity index (χ2n) is 9.59. The van der Waals surface area contributed by atoms with E-state index < -0.39 is 0 Å². The number of hydrogen-bond donors (Lipinski definition) is 0. The molecule has 0 spiro atoms. The third-order valence-electron chi connectivity index (χ3n) is 6.18. The summed E-state index contributed by atoms with van der Waals surface area (Å²) in [5.41, 5.74) is 13.7. The third kappa shape index (κ3) is 13.0. The van der Waals surface area contributed by atoms with Crippen LogP contribution in [0.3, 0.4) is 0 Å². The van der Waals surface area contributed by atoms with Gasteiger partial charge in [-0.05, 0) is 111 Å². The summed E-state index contributed by atoms with van der Waals surface area (Å²) in [6, 6.07) is 8.36. The maximum Gasteiger partial charge on any atom is 0.0934 e. The molecule has 5 aromatic rings. The summed E-state index contributed by atoms with van der Waals surface area (Å²) in [6.45, 7) is 21.1. The molecule has 0 aliphatic rings. The first-order valence-electron chi connectivity index (χ1n) is 12.5. The Hall–Kier alpha value is -2.52. The van der Waals surface area contributed by atoms with Crippen molar-refractivity contribution in [1.29, 1.82) is 0 Å². The molecule has 0 aliphatic heterocycles. The average molecular weight is 583 g/mol. The Bertz CT molecular complexity index is 1120. The fraction of sp³-hybridized carbons (Fsp3) is 0.333. The van der Waals surface area contributed by atoms with Crippen LogP contribution in [0.4, 0.5) is 0 Å². The standard InChI is InChI=1S/C8H10.C7H11N.C6H8O.C6H8S.C6H8Se/c1-7-5-3-4-6-8(7)2;1-6-4-8(3)5-7(6)2;3*1-5-3-7-4-6(5)2/h3-6H,1-2H3;4-5H,1-3H3;3*3-4H,1-2H3. The van der Waals surface area contributed by atoms with Gasteiger partial charge < -0.3 is 8.98 Å². The molecule has 0 N–H and O–H groups in total. The van der Waals surface area contributed by atoms with Crippen LogP contribution in [-0.2, 0) is 7.05 Å². The van der Waals surface area contributed by atoms with E-state index in [1.165, 1.54) is 55.6 Å². The summed E-state index contributed by atoms with van der Waals surface area (Å²) in [6.07, 6.45) is 7.73. The molecule has 0 saturated heterocycles. The first-order chi connectivity index (χ1) is 17.4. The number of aromatic nitrogens is 1. The number of thiophene rings is 1. The number of rotatable bonds is 0. The summed E-state index contributed by atoms with van der Waals surface area (Å²) in [5.74, 6) is 0. The molecule has 2 nitrogen and oxygen atoms in total.